The van der Waals surface area contributed by atoms with Crippen LogP contribution in [-0.4, -0.2) is 12.4 Å². The molecule has 4 heteroatoms. The van der Waals surface area contributed by atoms with Gasteiger partial charge in [0, 0.05) is 10.6 Å². The number of ketones is 1. The van der Waals surface area contributed by atoms with Crippen LogP contribution in [0.4, 0.5) is 0 Å². The van der Waals surface area contributed by atoms with Gasteiger partial charge in [-0.05, 0) is 36.8 Å². The summed E-state index contributed by atoms with van der Waals surface area (Å²) in [5, 5.41) is 0.517. The average molecular weight is 315 g/mol. The summed E-state index contributed by atoms with van der Waals surface area (Å²) in [5.41, 5.74) is 1.31. The van der Waals surface area contributed by atoms with E-state index in [1.807, 2.05) is 31.2 Å². The second-order valence-corrected chi connectivity index (χ2v) is 5.40. The van der Waals surface area contributed by atoms with E-state index in [1.165, 1.54) is 0 Å². The first kappa shape index (κ1) is 14.7. The Labute approximate surface area is 134 Å². The van der Waals surface area contributed by atoms with Crippen LogP contribution in [0.1, 0.15) is 29.3 Å². The van der Waals surface area contributed by atoms with Gasteiger partial charge in [-0.2, -0.15) is 0 Å². The van der Waals surface area contributed by atoms with Gasteiger partial charge in [0.05, 0.1) is 12.2 Å². The van der Waals surface area contributed by atoms with Crippen LogP contribution < -0.4 is 9.47 Å². The highest BCUT2D eigenvalue weighted by molar-refractivity contribution is 6.31. The number of carbonyl (C=O) groups is 1. The van der Waals surface area contributed by atoms with Crippen molar-refractivity contribution in [2.45, 2.75) is 13.3 Å². The number of carbonyl (C=O) groups excluding carboxylic acids is 1. The Hall–Kier alpha value is -2.26. The molecule has 0 fully saturated rings. The molecule has 0 N–H and O–H groups in total. The zero-order valence-corrected chi connectivity index (χ0v) is 12.9. The maximum absolute atomic E-state index is 12.4. The van der Waals surface area contributed by atoms with Gasteiger partial charge in [0.15, 0.2) is 5.76 Å². The number of rotatable bonds is 4. The Morgan fingerprint density at radius 1 is 1.23 bits per heavy atom. The summed E-state index contributed by atoms with van der Waals surface area (Å²) < 4.78 is 11.3. The van der Waals surface area contributed by atoms with Crippen LogP contribution in [0.15, 0.2) is 48.2 Å². The van der Waals surface area contributed by atoms with E-state index in [9.17, 15) is 4.79 Å². The van der Waals surface area contributed by atoms with Gasteiger partial charge in [-0.15, -0.1) is 0 Å². The van der Waals surface area contributed by atoms with Crippen LogP contribution in [0.25, 0.3) is 6.08 Å². The zero-order valence-electron chi connectivity index (χ0n) is 12.1. The van der Waals surface area contributed by atoms with E-state index in [4.69, 9.17) is 21.1 Å². The first-order chi connectivity index (χ1) is 10.7. The van der Waals surface area contributed by atoms with Crippen LogP contribution in [0.2, 0.25) is 5.02 Å². The first-order valence-corrected chi connectivity index (χ1v) is 7.52. The third-order valence-electron chi connectivity index (χ3n) is 3.30. The van der Waals surface area contributed by atoms with Gasteiger partial charge < -0.3 is 9.47 Å². The molecule has 0 amide bonds. The van der Waals surface area contributed by atoms with Crippen LogP contribution >= 0.6 is 11.6 Å². The predicted molar refractivity (Wildman–Crippen MR) is 86.6 cm³/mol. The summed E-state index contributed by atoms with van der Waals surface area (Å²) in [4.78, 5) is 12.4. The molecule has 1 heterocycles. The number of benzene rings is 2. The Kier molecular flexibility index (Phi) is 4.16. The number of ether oxygens (including phenoxy) is 2. The lowest BCUT2D eigenvalue weighted by Crippen LogP contribution is -2.00. The highest BCUT2D eigenvalue weighted by atomic mass is 35.5. The van der Waals surface area contributed by atoms with Crippen molar-refractivity contribution >= 4 is 23.5 Å². The largest absolute Gasteiger partial charge is 0.493 e. The summed E-state index contributed by atoms with van der Waals surface area (Å²) >= 11 is 5.93. The van der Waals surface area contributed by atoms with Crippen molar-refractivity contribution in [1.29, 1.82) is 0 Å². The molecule has 1 aliphatic rings. The van der Waals surface area contributed by atoms with Crippen LogP contribution in [0.3, 0.4) is 0 Å². The van der Waals surface area contributed by atoms with E-state index >= 15 is 0 Å². The van der Waals surface area contributed by atoms with Crippen LogP contribution in [-0.2, 0) is 0 Å². The SMILES string of the molecule is CCCOc1ccccc1/C=C1\Oc2ccc(Cl)cc2C1=O. The number of hydrogen-bond donors (Lipinski definition) is 0. The molecule has 0 atom stereocenters. The molecule has 0 saturated heterocycles. The van der Waals surface area contributed by atoms with E-state index in [1.54, 1.807) is 24.3 Å². The van der Waals surface area contributed by atoms with E-state index in [0.717, 1.165) is 17.7 Å². The minimum absolute atomic E-state index is 0.164. The second-order valence-electron chi connectivity index (χ2n) is 4.97. The molecule has 2 aromatic rings. The van der Waals surface area contributed by atoms with Crippen molar-refractivity contribution in [2.24, 2.45) is 0 Å². The standard InChI is InChI=1S/C18H15ClO3/c1-2-9-21-15-6-4-3-5-12(15)10-17-18(20)14-11-13(19)7-8-16(14)22-17/h3-8,10-11H,2,9H2,1H3/b17-10-. The molecule has 0 unspecified atom stereocenters. The van der Waals surface area contributed by atoms with Gasteiger partial charge in [-0.3, -0.25) is 4.79 Å². The van der Waals surface area contributed by atoms with Crippen molar-refractivity contribution in [2.75, 3.05) is 6.61 Å². The van der Waals surface area contributed by atoms with Gasteiger partial charge in [0.1, 0.15) is 11.5 Å². The summed E-state index contributed by atoms with van der Waals surface area (Å²) in [6.45, 7) is 2.68. The lowest BCUT2D eigenvalue weighted by Gasteiger charge is -2.08. The van der Waals surface area contributed by atoms with Crippen molar-refractivity contribution in [1.82, 2.24) is 0 Å². The van der Waals surface area contributed by atoms with Crippen molar-refractivity contribution in [3.63, 3.8) is 0 Å². The van der Waals surface area contributed by atoms with E-state index < -0.39 is 0 Å². The molecule has 1 aliphatic heterocycles. The van der Waals surface area contributed by atoms with Crippen LogP contribution in [0, 0.1) is 0 Å². The zero-order chi connectivity index (χ0) is 15.5. The van der Waals surface area contributed by atoms with Gasteiger partial charge in [0.25, 0.3) is 0 Å². The molecule has 22 heavy (non-hydrogen) atoms. The highest BCUT2D eigenvalue weighted by Crippen LogP contribution is 2.34. The number of allylic oxidation sites excluding steroid dienone is 1. The molecule has 0 spiro atoms. The molecule has 3 rings (SSSR count). The van der Waals surface area contributed by atoms with Crippen molar-refractivity contribution in [3.8, 4) is 11.5 Å². The second kappa shape index (κ2) is 6.24. The van der Waals surface area contributed by atoms with Crippen molar-refractivity contribution in [3.05, 3.63) is 64.4 Å². The summed E-state index contributed by atoms with van der Waals surface area (Å²) in [6, 6.07) is 12.6. The fourth-order valence-electron chi connectivity index (χ4n) is 2.25. The maximum atomic E-state index is 12.4. The number of Topliss-reactive ketones (excluding diaryl/α,β-unsaturated/α-hetero) is 1. The molecule has 0 aliphatic carbocycles. The number of para-hydroxylation sites is 1. The van der Waals surface area contributed by atoms with Crippen molar-refractivity contribution < 1.29 is 14.3 Å². The molecule has 3 nitrogen and oxygen atoms in total. The van der Waals surface area contributed by atoms with E-state index in [0.29, 0.717) is 22.9 Å². The monoisotopic (exact) mass is 314 g/mol. The third-order valence-corrected chi connectivity index (χ3v) is 3.53. The molecule has 0 saturated carbocycles. The Balaban J connectivity index is 1.93. The Morgan fingerprint density at radius 2 is 2.05 bits per heavy atom. The summed E-state index contributed by atoms with van der Waals surface area (Å²) in [6.07, 6.45) is 2.63. The molecule has 0 bridgehead atoms. The smallest absolute Gasteiger partial charge is 0.232 e. The van der Waals surface area contributed by atoms with Crippen LogP contribution in [0.5, 0.6) is 11.5 Å². The quantitative estimate of drug-likeness (QED) is 0.764. The average Bonchev–Trinajstić information content (AvgIpc) is 2.83. The number of hydrogen-bond acceptors (Lipinski definition) is 3. The van der Waals surface area contributed by atoms with Gasteiger partial charge in [-0.25, -0.2) is 0 Å². The lowest BCUT2D eigenvalue weighted by molar-refractivity contribution is 0.101. The summed E-state index contributed by atoms with van der Waals surface area (Å²) in [5.74, 6) is 1.39. The normalized spacial score (nSPS) is 14.8. The Morgan fingerprint density at radius 3 is 2.86 bits per heavy atom. The van der Waals surface area contributed by atoms with E-state index in [-0.39, 0.29) is 11.5 Å². The topological polar surface area (TPSA) is 35.5 Å². The van der Waals surface area contributed by atoms with Gasteiger partial charge in [-0.1, -0.05) is 36.7 Å². The van der Waals surface area contributed by atoms with Gasteiger partial charge in [0.2, 0.25) is 5.78 Å². The number of halogens is 1. The number of fused-ring (bicyclic) bond motifs is 1. The van der Waals surface area contributed by atoms with Gasteiger partial charge >= 0.3 is 0 Å². The lowest BCUT2D eigenvalue weighted by atomic mass is 10.1. The molecule has 0 aromatic heterocycles. The minimum atomic E-state index is -0.164. The minimum Gasteiger partial charge on any atom is -0.493 e. The predicted octanol–water partition coefficient (Wildman–Crippen LogP) is 4.75. The maximum Gasteiger partial charge on any atom is 0.232 e. The highest BCUT2D eigenvalue weighted by Gasteiger charge is 2.27. The van der Waals surface area contributed by atoms with E-state index in [2.05, 4.69) is 0 Å². The molecule has 112 valence electrons. The molecular weight excluding hydrogens is 300 g/mol. The fourth-order valence-corrected chi connectivity index (χ4v) is 2.42. The Bertz CT molecular complexity index is 750. The first-order valence-electron chi connectivity index (χ1n) is 7.14. The summed E-state index contributed by atoms with van der Waals surface area (Å²) in [7, 11) is 0. The third kappa shape index (κ3) is 2.85. The molecular formula is C18H15ClO3. The molecule has 0 radical (unpaired) electrons. The molecule has 2 aromatic carbocycles. The fraction of sp³-hybridized carbons (Fsp3) is 0.167.